The van der Waals surface area contributed by atoms with Crippen LogP contribution in [0.1, 0.15) is 27.2 Å². The molecule has 1 amide bonds. The second kappa shape index (κ2) is 7.85. The lowest BCUT2D eigenvalue weighted by molar-refractivity contribution is 0.100. The molecule has 156 valence electrons. The van der Waals surface area contributed by atoms with Gasteiger partial charge in [-0.1, -0.05) is 42.5 Å². The number of rotatable bonds is 5. The van der Waals surface area contributed by atoms with Crippen LogP contribution in [-0.4, -0.2) is 34.4 Å². The van der Waals surface area contributed by atoms with Gasteiger partial charge in [-0.3, -0.25) is 4.79 Å². The van der Waals surface area contributed by atoms with Crippen LogP contribution in [0.15, 0.2) is 59.2 Å². The number of aromatic nitrogens is 2. The zero-order valence-corrected chi connectivity index (χ0v) is 17.3. The number of anilines is 1. The number of hydrogen-bond donors (Lipinski definition) is 2. The molecule has 0 bridgehead atoms. The summed E-state index contributed by atoms with van der Waals surface area (Å²) in [5.74, 6) is 1.38. The minimum absolute atomic E-state index is 0.424. The van der Waals surface area contributed by atoms with Crippen molar-refractivity contribution in [1.82, 2.24) is 14.9 Å². The Labute approximate surface area is 179 Å². The summed E-state index contributed by atoms with van der Waals surface area (Å²) in [6.07, 6.45) is 2.44. The van der Waals surface area contributed by atoms with Crippen molar-refractivity contribution in [3.8, 4) is 11.6 Å². The number of amides is 1. The third-order valence-electron chi connectivity index (χ3n) is 5.67. The normalized spacial score (nSPS) is 13.8. The molecule has 2 aromatic carbocycles. The minimum Gasteiger partial charge on any atom is -0.460 e. The predicted octanol–water partition coefficient (Wildman–Crippen LogP) is 3.59. The Hall–Kier alpha value is -3.71. The van der Waals surface area contributed by atoms with Crippen LogP contribution in [0, 0.1) is 0 Å². The monoisotopic (exact) mass is 413 g/mol. The Morgan fingerprint density at radius 2 is 1.97 bits per heavy atom. The Kier molecular flexibility index (Phi) is 4.88. The molecule has 0 atom stereocenters. The summed E-state index contributed by atoms with van der Waals surface area (Å²) in [4.78, 5) is 23.7. The number of nitrogens with one attached hydrogen (secondary N) is 1. The molecule has 7 nitrogen and oxygen atoms in total. The highest BCUT2D eigenvalue weighted by atomic mass is 16.3. The van der Waals surface area contributed by atoms with Crippen LogP contribution < -0.4 is 11.1 Å². The lowest BCUT2D eigenvalue weighted by atomic mass is 10.0. The first-order valence-electron chi connectivity index (χ1n) is 10.3. The second-order valence-electron chi connectivity index (χ2n) is 7.84. The van der Waals surface area contributed by atoms with E-state index in [0.29, 0.717) is 29.1 Å². The van der Waals surface area contributed by atoms with E-state index in [1.165, 1.54) is 5.56 Å². The van der Waals surface area contributed by atoms with E-state index >= 15 is 0 Å². The fourth-order valence-corrected chi connectivity index (χ4v) is 4.05. The number of benzene rings is 2. The van der Waals surface area contributed by atoms with Crippen molar-refractivity contribution in [2.45, 2.75) is 19.5 Å². The van der Waals surface area contributed by atoms with Gasteiger partial charge < -0.3 is 20.4 Å². The van der Waals surface area contributed by atoms with E-state index in [-0.39, 0.29) is 0 Å². The Morgan fingerprint density at radius 3 is 2.77 bits per heavy atom. The lowest BCUT2D eigenvalue weighted by Gasteiger charge is -2.26. The fraction of sp³-hybridized carbons (Fsp3) is 0.208. The maximum absolute atomic E-state index is 11.8. The molecular weight excluding hydrogens is 390 g/mol. The average molecular weight is 413 g/mol. The van der Waals surface area contributed by atoms with E-state index in [9.17, 15) is 4.79 Å². The topological polar surface area (TPSA) is 97.3 Å². The molecule has 0 radical (unpaired) electrons. The highest BCUT2D eigenvalue weighted by Crippen LogP contribution is 2.33. The van der Waals surface area contributed by atoms with Crippen LogP contribution in [-0.2, 0) is 19.5 Å². The summed E-state index contributed by atoms with van der Waals surface area (Å²) in [7, 11) is 2.09. The molecule has 5 rings (SSSR count). The van der Waals surface area contributed by atoms with E-state index in [1.54, 1.807) is 18.4 Å². The molecule has 1 aliphatic rings. The van der Waals surface area contributed by atoms with Gasteiger partial charge in [0.2, 0.25) is 5.91 Å². The van der Waals surface area contributed by atoms with Crippen LogP contribution in [0.2, 0.25) is 0 Å². The summed E-state index contributed by atoms with van der Waals surface area (Å²) in [6.45, 7) is 2.38. The Balaban J connectivity index is 1.59. The molecule has 0 saturated carbocycles. The summed E-state index contributed by atoms with van der Waals surface area (Å²) < 4.78 is 5.85. The summed E-state index contributed by atoms with van der Waals surface area (Å²) >= 11 is 0. The molecule has 0 unspecified atom stereocenters. The predicted molar refractivity (Wildman–Crippen MR) is 120 cm³/mol. The Bertz CT molecular complexity index is 1270. The van der Waals surface area contributed by atoms with E-state index in [1.807, 2.05) is 24.3 Å². The van der Waals surface area contributed by atoms with Crippen molar-refractivity contribution in [1.29, 1.82) is 0 Å². The summed E-state index contributed by atoms with van der Waals surface area (Å²) in [5.41, 5.74) is 9.26. The first-order chi connectivity index (χ1) is 15.1. The number of nitrogens with two attached hydrogens (primary N) is 1. The maximum Gasteiger partial charge on any atom is 0.249 e. The zero-order chi connectivity index (χ0) is 21.4. The van der Waals surface area contributed by atoms with Crippen LogP contribution >= 0.6 is 0 Å². The van der Waals surface area contributed by atoms with Crippen LogP contribution in [0.5, 0.6) is 0 Å². The van der Waals surface area contributed by atoms with Gasteiger partial charge in [0, 0.05) is 36.0 Å². The lowest BCUT2D eigenvalue weighted by Crippen LogP contribution is -2.29. The number of furan rings is 1. The molecule has 2 aromatic heterocycles. The molecule has 3 heterocycles. The van der Waals surface area contributed by atoms with Crippen molar-refractivity contribution in [2.24, 2.45) is 5.73 Å². The molecule has 0 saturated heterocycles. The van der Waals surface area contributed by atoms with Gasteiger partial charge in [-0.25, -0.2) is 9.97 Å². The first-order valence-corrected chi connectivity index (χ1v) is 10.3. The summed E-state index contributed by atoms with van der Waals surface area (Å²) in [5, 5.41) is 4.94. The number of fused-ring (bicyclic) bond motifs is 2. The van der Waals surface area contributed by atoms with Gasteiger partial charge in [-0.15, -0.1) is 0 Å². The van der Waals surface area contributed by atoms with Gasteiger partial charge >= 0.3 is 0 Å². The molecule has 1 aliphatic heterocycles. The number of hydrogen-bond acceptors (Lipinski definition) is 6. The summed E-state index contributed by atoms with van der Waals surface area (Å²) in [6, 6.07) is 15.6. The highest BCUT2D eigenvalue weighted by Gasteiger charge is 2.23. The largest absolute Gasteiger partial charge is 0.460 e. The van der Waals surface area contributed by atoms with Gasteiger partial charge in [0.05, 0.1) is 11.3 Å². The fourth-order valence-electron chi connectivity index (χ4n) is 4.05. The third-order valence-corrected chi connectivity index (χ3v) is 5.67. The average Bonchev–Trinajstić information content (AvgIpc) is 3.22. The standard InChI is InChI=1S/C24H23N5O2/c1-29-11-10-18-20(13-29)27-24(28-23(18)26-12-15-6-3-2-4-7-15)21-16-8-5-9-17(22(25)30)19(16)14-31-21/h2-9,14H,10-13H2,1H3,(H2,25,30)(H,26,27,28). The van der Waals surface area contributed by atoms with E-state index in [4.69, 9.17) is 20.1 Å². The van der Waals surface area contributed by atoms with Crippen molar-refractivity contribution in [2.75, 3.05) is 18.9 Å². The molecule has 3 N–H and O–H groups in total. The van der Waals surface area contributed by atoms with Crippen molar-refractivity contribution in [3.05, 3.63) is 77.2 Å². The van der Waals surface area contributed by atoms with Gasteiger partial charge in [0.15, 0.2) is 11.6 Å². The van der Waals surface area contributed by atoms with Crippen LogP contribution in [0.4, 0.5) is 5.82 Å². The minimum atomic E-state index is -0.490. The number of likely N-dealkylation sites (N-methyl/N-ethyl adjacent to an activating group) is 1. The third kappa shape index (κ3) is 3.64. The van der Waals surface area contributed by atoms with E-state index < -0.39 is 5.91 Å². The van der Waals surface area contributed by atoms with Crippen LogP contribution in [0.25, 0.3) is 22.4 Å². The van der Waals surface area contributed by atoms with Gasteiger partial charge in [-0.2, -0.15) is 0 Å². The van der Waals surface area contributed by atoms with Crippen molar-refractivity contribution >= 4 is 22.5 Å². The first kappa shape index (κ1) is 19.3. The molecular formula is C24H23N5O2. The number of nitrogens with zero attached hydrogens (tertiary/aromatic N) is 3. The number of carbonyl (C=O) groups excluding carboxylic acids is 1. The number of primary amides is 1. The Morgan fingerprint density at radius 1 is 1.13 bits per heavy atom. The van der Waals surface area contributed by atoms with Crippen molar-refractivity contribution in [3.63, 3.8) is 0 Å². The molecule has 0 aliphatic carbocycles. The molecule has 0 spiro atoms. The molecule has 7 heteroatoms. The van der Waals surface area contributed by atoms with Crippen molar-refractivity contribution < 1.29 is 9.21 Å². The maximum atomic E-state index is 11.8. The molecule has 31 heavy (non-hydrogen) atoms. The molecule has 0 fully saturated rings. The van der Waals surface area contributed by atoms with Gasteiger partial charge in [-0.05, 0) is 25.1 Å². The van der Waals surface area contributed by atoms with E-state index in [0.717, 1.165) is 42.0 Å². The second-order valence-corrected chi connectivity index (χ2v) is 7.84. The highest BCUT2D eigenvalue weighted by molar-refractivity contribution is 6.08. The van der Waals surface area contributed by atoms with Crippen LogP contribution in [0.3, 0.4) is 0 Å². The quantitative estimate of drug-likeness (QED) is 0.519. The van der Waals surface area contributed by atoms with Gasteiger partial charge in [0.25, 0.3) is 0 Å². The smallest absolute Gasteiger partial charge is 0.249 e. The molecule has 4 aromatic rings. The zero-order valence-electron chi connectivity index (χ0n) is 17.3. The van der Waals surface area contributed by atoms with Gasteiger partial charge in [0.1, 0.15) is 12.1 Å². The SMILES string of the molecule is CN1CCc2c(nc(-c3occ4c(C(N)=O)cccc34)nc2NCc2ccccc2)C1. The number of carbonyl (C=O) groups is 1. The van der Waals surface area contributed by atoms with E-state index in [2.05, 4.69) is 29.4 Å².